The summed E-state index contributed by atoms with van der Waals surface area (Å²) in [5.74, 6) is 1.19. The molecule has 2 aromatic heterocycles. The second kappa shape index (κ2) is 5.12. The summed E-state index contributed by atoms with van der Waals surface area (Å²) in [6.07, 6.45) is 2.83. The van der Waals surface area contributed by atoms with Gasteiger partial charge in [-0.15, -0.1) is 9.79 Å². The van der Waals surface area contributed by atoms with Crippen LogP contribution in [0.25, 0.3) is 11.6 Å². The highest BCUT2D eigenvalue weighted by molar-refractivity contribution is 7.30. The fourth-order valence-electron chi connectivity index (χ4n) is 0.639. The Balaban J connectivity index is 0.000000213. The van der Waals surface area contributed by atoms with E-state index in [1.807, 2.05) is 0 Å². The van der Waals surface area contributed by atoms with E-state index >= 15 is 0 Å². The van der Waals surface area contributed by atoms with Gasteiger partial charge in [0.1, 0.15) is 12.7 Å². The van der Waals surface area contributed by atoms with Crippen molar-refractivity contribution >= 4 is 8.25 Å². The van der Waals surface area contributed by atoms with Gasteiger partial charge in [0, 0.05) is 4.57 Å². The van der Waals surface area contributed by atoms with E-state index in [0.29, 0.717) is 11.6 Å². The van der Waals surface area contributed by atoms with E-state index in [4.69, 9.17) is 14.4 Å². The lowest BCUT2D eigenvalue weighted by atomic mass is 10.6. The number of rotatable bonds is 1. The van der Waals surface area contributed by atoms with Crippen molar-refractivity contribution in [2.45, 2.75) is 0 Å². The number of nitrogens with one attached hydrogen (secondary N) is 2. The smallest absolute Gasteiger partial charge is 0.257 e. The lowest BCUT2D eigenvalue weighted by Gasteiger charge is -1.82. The second-order valence-electron chi connectivity index (χ2n) is 1.92. The molecule has 0 unspecified atom stereocenters. The molecule has 2 aromatic rings. The van der Waals surface area contributed by atoms with Crippen LogP contribution >= 0.6 is 8.25 Å². The first-order valence-electron chi connectivity index (χ1n) is 3.26. The summed E-state index contributed by atoms with van der Waals surface area (Å²) in [5, 5.41) is 12.6. The summed E-state index contributed by atoms with van der Waals surface area (Å²) in [7, 11) is -2.87. The summed E-state index contributed by atoms with van der Waals surface area (Å²) >= 11 is 0. The van der Waals surface area contributed by atoms with Crippen LogP contribution in [0.4, 0.5) is 0 Å². The van der Waals surface area contributed by atoms with E-state index in [0.717, 1.165) is 0 Å². The van der Waals surface area contributed by atoms with E-state index in [1.165, 1.54) is 12.7 Å². The third kappa shape index (κ3) is 3.35. The summed E-state index contributed by atoms with van der Waals surface area (Å²) in [4.78, 5) is 22.0. The minimum absolute atomic E-state index is 0.595. The minimum Gasteiger partial charge on any atom is -0.257 e. The summed E-state index contributed by atoms with van der Waals surface area (Å²) in [5.41, 5.74) is 0. The molecule has 0 saturated carbocycles. The summed E-state index contributed by atoms with van der Waals surface area (Å²) in [6.45, 7) is 0. The Morgan fingerprint density at radius 3 is 1.64 bits per heavy atom. The van der Waals surface area contributed by atoms with Crippen LogP contribution in [-0.4, -0.2) is 40.1 Å². The molecule has 9 nitrogen and oxygen atoms in total. The Labute approximate surface area is 78.2 Å². The normalized spacial score (nSPS) is 9.00. The van der Waals surface area contributed by atoms with Gasteiger partial charge >= 0.3 is 8.25 Å². The van der Waals surface area contributed by atoms with Crippen LogP contribution in [-0.2, 0) is 4.57 Å². The molecule has 0 aliphatic rings. The zero-order valence-corrected chi connectivity index (χ0v) is 7.59. The molecule has 74 valence electrons. The summed E-state index contributed by atoms with van der Waals surface area (Å²) < 4.78 is 8.70. The van der Waals surface area contributed by atoms with Crippen molar-refractivity contribution in [1.29, 1.82) is 0 Å². The van der Waals surface area contributed by atoms with Gasteiger partial charge in [0.05, 0.1) is 0 Å². The maximum atomic E-state index is 8.70. The molecular formula is C4H6N6O3P+. The van der Waals surface area contributed by atoms with Gasteiger partial charge in [-0.25, -0.2) is 9.97 Å². The number of aromatic nitrogens is 6. The van der Waals surface area contributed by atoms with Gasteiger partial charge in [-0.1, -0.05) is 0 Å². The zero-order chi connectivity index (χ0) is 10.4. The maximum absolute atomic E-state index is 8.70. The maximum Gasteiger partial charge on any atom is 0.692 e. The van der Waals surface area contributed by atoms with Crippen LogP contribution in [0.2, 0.25) is 0 Å². The molecule has 2 rings (SSSR count). The molecule has 14 heavy (non-hydrogen) atoms. The average Bonchev–Trinajstić information content (AvgIpc) is 2.76. The van der Waals surface area contributed by atoms with E-state index in [-0.39, 0.29) is 0 Å². The quantitative estimate of drug-likeness (QED) is 0.459. The predicted molar refractivity (Wildman–Crippen MR) is 43.8 cm³/mol. The standard InChI is InChI=1S/C4H4N6.HO3P/c1-5-3(9-7-1)4-6-2-8-10-4;1-4(2)3/h1-2H,(H,5,7,9)(H,6,8,10);(H-,1,2,3)/p+1. The monoisotopic (exact) mass is 217 g/mol. The van der Waals surface area contributed by atoms with Crippen LogP contribution in [0, 0.1) is 0 Å². The Kier molecular flexibility index (Phi) is 3.80. The van der Waals surface area contributed by atoms with E-state index in [2.05, 4.69) is 30.4 Å². The minimum atomic E-state index is -2.87. The average molecular weight is 217 g/mol. The van der Waals surface area contributed by atoms with E-state index in [1.54, 1.807) is 0 Å². The third-order valence-electron chi connectivity index (χ3n) is 1.05. The Morgan fingerprint density at radius 1 is 1.07 bits per heavy atom. The lowest BCUT2D eigenvalue weighted by molar-refractivity contribution is 0.405. The molecule has 0 bridgehead atoms. The fourth-order valence-corrected chi connectivity index (χ4v) is 0.639. The van der Waals surface area contributed by atoms with Gasteiger partial charge in [0.15, 0.2) is 11.6 Å². The van der Waals surface area contributed by atoms with Gasteiger partial charge in [0.2, 0.25) is 0 Å². The first-order valence-corrected chi connectivity index (χ1v) is 4.42. The zero-order valence-electron chi connectivity index (χ0n) is 6.69. The molecule has 10 heteroatoms. The van der Waals surface area contributed by atoms with E-state index in [9.17, 15) is 0 Å². The highest BCUT2D eigenvalue weighted by Gasteiger charge is 2.00. The van der Waals surface area contributed by atoms with Gasteiger partial charge in [-0.2, -0.15) is 10.2 Å². The Bertz CT molecular complexity index is 335. The second-order valence-corrected chi connectivity index (χ2v) is 2.43. The number of hydrogen-bond acceptors (Lipinski definition) is 5. The SMILES string of the molecule is O=[P+](O)O.c1n[nH]c(-c2ncn[nH]2)n1. The van der Waals surface area contributed by atoms with Crippen LogP contribution in [0.3, 0.4) is 0 Å². The highest BCUT2D eigenvalue weighted by Crippen LogP contribution is 2.02. The van der Waals surface area contributed by atoms with Crippen molar-refractivity contribution in [3.63, 3.8) is 0 Å². The molecule has 2 heterocycles. The molecule has 0 radical (unpaired) electrons. The molecule has 4 N–H and O–H groups in total. The molecule has 0 atom stereocenters. The summed E-state index contributed by atoms with van der Waals surface area (Å²) in [6, 6.07) is 0. The van der Waals surface area contributed by atoms with Crippen LogP contribution in [0.1, 0.15) is 0 Å². The van der Waals surface area contributed by atoms with Crippen molar-refractivity contribution in [3.8, 4) is 11.6 Å². The van der Waals surface area contributed by atoms with Crippen LogP contribution in [0.5, 0.6) is 0 Å². The molecule has 0 aliphatic carbocycles. The number of aromatic amines is 2. The van der Waals surface area contributed by atoms with Gasteiger partial charge < -0.3 is 0 Å². The van der Waals surface area contributed by atoms with Crippen LogP contribution in [0.15, 0.2) is 12.7 Å². The van der Waals surface area contributed by atoms with Gasteiger partial charge in [0.25, 0.3) is 0 Å². The topological polar surface area (TPSA) is 141 Å². The Hall–Kier alpha value is -1.70. The molecule has 0 amide bonds. The molecule has 0 aliphatic heterocycles. The number of H-pyrrole nitrogens is 2. The molecule has 0 saturated heterocycles. The first-order chi connectivity index (χ1) is 6.70. The van der Waals surface area contributed by atoms with Crippen molar-refractivity contribution in [3.05, 3.63) is 12.7 Å². The number of hydrogen-bond donors (Lipinski definition) is 4. The van der Waals surface area contributed by atoms with Crippen molar-refractivity contribution in [2.75, 3.05) is 0 Å². The Morgan fingerprint density at radius 2 is 1.43 bits per heavy atom. The fraction of sp³-hybridized carbons (Fsp3) is 0. The molecule has 0 fully saturated rings. The molecule has 0 spiro atoms. The third-order valence-corrected chi connectivity index (χ3v) is 1.05. The molecular weight excluding hydrogens is 211 g/mol. The van der Waals surface area contributed by atoms with Gasteiger partial charge in [-0.3, -0.25) is 10.2 Å². The van der Waals surface area contributed by atoms with Gasteiger partial charge in [-0.05, 0) is 0 Å². The molecule has 0 aromatic carbocycles. The van der Waals surface area contributed by atoms with Crippen molar-refractivity contribution in [1.82, 2.24) is 30.4 Å². The van der Waals surface area contributed by atoms with Crippen molar-refractivity contribution < 1.29 is 14.4 Å². The number of nitrogens with zero attached hydrogens (tertiary/aromatic N) is 4. The lowest BCUT2D eigenvalue weighted by Crippen LogP contribution is -1.82. The first kappa shape index (κ1) is 10.4. The van der Waals surface area contributed by atoms with Crippen molar-refractivity contribution in [2.24, 2.45) is 0 Å². The largest absolute Gasteiger partial charge is 0.692 e. The van der Waals surface area contributed by atoms with E-state index < -0.39 is 8.25 Å². The van der Waals surface area contributed by atoms with Crippen LogP contribution < -0.4 is 0 Å². The predicted octanol–water partition coefficient (Wildman–Crippen LogP) is -0.782. The highest BCUT2D eigenvalue weighted by atomic mass is 31.1.